The number of carboxylic acids is 1. The predicted octanol–water partition coefficient (Wildman–Crippen LogP) is 5.36. The lowest BCUT2D eigenvalue weighted by molar-refractivity contribution is 0.0697. The van der Waals surface area contributed by atoms with Crippen LogP contribution in [0.2, 0.25) is 10.0 Å². The second-order valence-corrected chi connectivity index (χ2v) is 6.96. The van der Waals surface area contributed by atoms with Crippen LogP contribution in [0.5, 0.6) is 0 Å². The van der Waals surface area contributed by atoms with Crippen molar-refractivity contribution in [1.82, 2.24) is 9.78 Å². The quantitative estimate of drug-likeness (QED) is 0.660. The van der Waals surface area contributed by atoms with E-state index in [4.69, 9.17) is 23.2 Å². The standard InChI is InChI=1S/C20H14Cl2N2O2/c21-16-7-6-12(18(22)10-16)8-13-4-5-15-11-23-24(19(13)15)17-3-1-2-14(9-17)20(25)26/h1-3,6-11H,4-5H2,(H,25,26). The number of hydrogen-bond donors (Lipinski definition) is 1. The summed E-state index contributed by atoms with van der Waals surface area (Å²) in [7, 11) is 0. The molecular weight excluding hydrogens is 371 g/mol. The minimum atomic E-state index is -0.959. The molecule has 0 bridgehead atoms. The van der Waals surface area contributed by atoms with Crippen molar-refractivity contribution >= 4 is 40.8 Å². The first-order chi connectivity index (χ1) is 12.5. The topological polar surface area (TPSA) is 55.1 Å². The molecule has 0 radical (unpaired) electrons. The Kier molecular flexibility index (Phi) is 4.31. The van der Waals surface area contributed by atoms with Gasteiger partial charge in [-0.25, -0.2) is 9.48 Å². The van der Waals surface area contributed by atoms with Crippen LogP contribution >= 0.6 is 23.2 Å². The van der Waals surface area contributed by atoms with Crippen molar-refractivity contribution in [2.45, 2.75) is 12.8 Å². The number of allylic oxidation sites excluding steroid dienone is 1. The number of fused-ring (bicyclic) bond motifs is 1. The molecule has 0 unspecified atom stereocenters. The molecule has 4 nitrogen and oxygen atoms in total. The van der Waals surface area contributed by atoms with Crippen molar-refractivity contribution in [3.8, 4) is 5.69 Å². The molecule has 0 amide bonds. The van der Waals surface area contributed by atoms with E-state index in [2.05, 4.69) is 5.10 Å². The number of aromatic nitrogens is 2. The first-order valence-electron chi connectivity index (χ1n) is 8.09. The van der Waals surface area contributed by atoms with Gasteiger partial charge < -0.3 is 5.11 Å². The zero-order valence-electron chi connectivity index (χ0n) is 13.6. The van der Waals surface area contributed by atoms with Gasteiger partial charge >= 0.3 is 5.97 Å². The summed E-state index contributed by atoms with van der Waals surface area (Å²) in [5, 5.41) is 14.9. The SMILES string of the molecule is O=C(O)c1cccc(-n2ncc3c2C(=Cc2ccc(Cl)cc2Cl)CC3)c1. The molecule has 2 aromatic carbocycles. The number of carbonyl (C=O) groups is 1. The van der Waals surface area contributed by atoms with Crippen molar-refractivity contribution in [3.63, 3.8) is 0 Å². The Labute approximate surface area is 160 Å². The molecule has 1 aromatic heterocycles. The van der Waals surface area contributed by atoms with Gasteiger partial charge in [0.05, 0.1) is 23.1 Å². The first-order valence-corrected chi connectivity index (χ1v) is 8.85. The molecule has 1 N–H and O–H groups in total. The van der Waals surface area contributed by atoms with Gasteiger partial charge in [-0.05, 0) is 65.9 Å². The lowest BCUT2D eigenvalue weighted by atomic mass is 10.1. The Morgan fingerprint density at radius 1 is 1.15 bits per heavy atom. The van der Waals surface area contributed by atoms with Gasteiger partial charge in [-0.1, -0.05) is 35.3 Å². The van der Waals surface area contributed by atoms with Gasteiger partial charge in [0.2, 0.25) is 0 Å². The highest BCUT2D eigenvalue weighted by molar-refractivity contribution is 6.35. The number of nitrogens with zero attached hydrogens (tertiary/aromatic N) is 2. The van der Waals surface area contributed by atoms with Crippen LogP contribution in [-0.4, -0.2) is 20.9 Å². The van der Waals surface area contributed by atoms with Crippen LogP contribution in [0.25, 0.3) is 17.3 Å². The van der Waals surface area contributed by atoms with Crippen LogP contribution in [0.15, 0.2) is 48.7 Å². The molecule has 0 saturated carbocycles. The highest BCUT2D eigenvalue weighted by Crippen LogP contribution is 2.36. The normalized spacial score (nSPS) is 14.6. The smallest absolute Gasteiger partial charge is 0.335 e. The van der Waals surface area contributed by atoms with Crippen LogP contribution in [0.1, 0.15) is 33.6 Å². The van der Waals surface area contributed by atoms with Crippen molar-refractivity contribution < 1.29 is 9.90 Å². The molecule has 0 spiro atoms. The van der Waals surface area contributed by atoms with E-state index < -0.39 is 5.97 Å². The molecule has 26 heavy (non-hydrogen) atoms. The molecule has 3 aromatic rings. The lowest BCUT2D eigenvalue weighted by Crippen LogP contribution is -2.03. The fourth-order valence-corrected chi connectivity index (χ4v) is 3.67. The van der Waals surface area contributed by atoms with E-state index in [0.717, 1.165) is 40.9 Å². The van der Waals surface area contributed by atoms with E-state index in [1.165, 1.54) is 0 Å². The molecule has 1 aliphatic rings. The van der Waals surface area contributed by atoms with E-state index in [-0.39, 0.29) is 5.56 Å². The zero-order valence-corrected chi connectivity index (χ0v) is 15.1. The Bertz CT molecular complexity index is 1050. The minimum absolute atomic E-state index is 0.232. The Morgan fingerprint density at radius 2 is 2.00 bits per heavy atom. The van der Waals surface area contributed by atoms with Crippen LogP contribution in [0, 0.1) is 0 Å². The summed E-state index contributed by atoms with van der Waals surface area (Å²) in [5.41, 5.74) is 5.10. The molecule has 4 rings (SSSR count). The molecule has 0 fully saturated rings. The maximum absolute atomic E-state index is 11.3. The van der Waals surface area contributed by atoms with Crippen molar-refractivity contribution in [2.24, 2.45) is 0 Å². The van der Waals surface area contributed by atoms with Crippen LogP contribution in [0.4, 0.5) is 0 Å². The second kappa shape index (κ2) is 6.63. The van der Waals surface area contributed by atoms with Crippen molar-refractivity contribution in [1.29, 1.82) is 0 Å². The lowest BCUT2D eigenvalue weighted by Gasteiger charge is -2.09. The maximum atomic E-state index is 11.3. The molecule has 1 aliphatic carbocycles. The third-order valence-corrected chi connectivity index (χ3v) is 5.01. The molecule has 0 aliphatic heterocycles. The van der Waals surface area contributed by atoms with Gasteiger partial charge in [0.1, 0.15) is 0 Å². The zero-order chi connectivity index (χ0) is 18.3. The third kappa shape index (κ3) is 3.02. The molecule has 6 heteroatoms. The van der Waals surface area contributed by atoms with E-state index >= 15 is 0 Å². The van der Waals surface area contributed by atoms with Gasteiger partial charge in [0.15, 0.2) is 0 Å². The Morgan fingerprint density at radius 3 is 2.77 bits per heavy atom. The Hall–Kier alpha value is -2.56. The van der Waals surface area contributed by atoms with Crippen LogP contribution in [-0.2, 0) is 6.42 Å². The van der Waals surface area contributed by atoms with E-state index in [0.29, 0.717) is 10.0 Å². The Balaban J connectivity index is 1.80. The molecule has 130 valence electrons. The summed E-state index contributed by atoms with van der Waals surface area (Å²) in [6, 6.07) is 12.2. The summed E-state index contributed by atoms with van der Waals surface area (Å²) in [6.45, 7) is 0. The summed E-state index contributed by atoms with van der Waals surface area (Å²) < 4.78 is 1.80. The predicted molar refractivity (Wildman–Crippen MR) is 103 cm³/mol. The van der Waals surface area contributed by atoms with Gasteiger partial charge in [0.25, 0.3) is 0 Å². The van der Waals surface area contributed by atoms with Gasteiger partial charge in [0, 0.05) is 10.0 Å². The molecular formula is C20H14Cl2N2O2. The van der Waals surface area contributed by atoms with Crippen LogP contribution < -0.4 is 0 Å². The number of rotatable bonds is 3. The number of aryl methyl sites for hydroxylation is 1. The first kappa shape index (κ1) is 16.9. The van der Waals surface area contributed by atoms with Gasteiger partial charge in [-0.3, -0.25) is 0 Å². The number of carboxylic acid groups (broad SMARTS) is 1. The van der Waals surface area contributed by atoms with Gasteiger partial charge in [-0.2, -0.15) is 5.10 Å². The fraction of sp³-hybridized carbons (Fsp3) is 0.100. The highest BCUT2D eigenvalue weighted by Gasteiger charge is 2.23. The van der Waals surface area contributed by atoms with E-state index in [9.17, 15) is 9.90 Å². The monoisotopic (exact) mass is 384 g/mol. The average molecular weight is 385 g/mol. The van der Waals surface area contributed by atoms with Gasteiger partial charge in [-0.15, -0.1) is 0 Å². The second-order valence-electron chi connectivity index (χ2n) is 6.12. The molecule has 0 saturated heterocycles. The summed E-state index contributed by atoms with van der Waals surface area (Å²) in [4.78, 5) is 11.3. The largest absolute Gasteiger partial charge is 0.478 e. The third-order valence-electron chi connectivity index (χ3n) is 4.44. The highest BCUT2D eigenvalue weighted by atomic mass is 35.5. The molecule has 1 heterocycles. The van der Waals surface area contributed by atoms with Crippen molar-refractivity contribution in [2.75, 3.05) is 0 Å². The number of benzene rings is 2. The number of halogens is 2. The summed E-state index contributed by atoms with van der Waals surface area (Å²) >= 11 is 12.3. The summed E-state index contributed by atoms with van der Waals surface area (Å²) in [5.74, 6) is -0.959. The van der Waals surface area contributed by atoms with E-state index in [1.807, 2.05) is 30.5 Å². The van der Waals surface area contributed by atoms with Crippen LogP contribution in [0.3, 0.4) is 0 Å². The summed E-state index contributed by atoms with van der Waals surface area (Å²) in [6.07, 6.45) is 5.66. The number of aromatic carboxylic acids is 1. The van der Waals surface area contributed by atoms with E-state index in [1.54, 1.807) is 28.9 Å². The molecule has 0 atom stereocenters. The average Bonchev–Trinajstić information content (AvgIpc) is 3.20. The number of hydrogen-bond acceptors (Lipinski definition) is 2. The fourth-order valence-electron chi connectivity index (χ4n) is 3.21. The van der Waals surface area contributed by atoms with Crippen molar-refractivity contribution in [3.05, 3.63) is 81.1 Å². The maximum Gasteiger partial charge on any atom is 0.335 e. The minimum Gasteiger partial charge on any atom is -0.478 e.